The summed E-state index contributed by atoms with van der Waals surface area (Å²) in [5, 5.41) is 23.4. The van der Waals surface area contributed by atoms with Gasteiger partial charge in [0.1, 0.15) is 0 Å². The van der Waals surface area contributed by atoms with Crippen LogP contribution in [0.3, 0.4) is 0 Å². The van der Waals surface area contributed by atoms with E-state index in [4.69, 9.17) is 0 Å². The maximum Gasteiger partial charge on any atom is 0.220 e. The summed E-state index contributed by atoms with van der Waals surface area (Å²) in [5.41, 5.74) is 0. The summed E-state index contributed by atoms with van der Waals surface area (Å²) >= 11 is 0. The normalized spacial score (nSPS) is 12.8. The van der Waals surface area contributed by atoms with Crippen LogP contribution in [-0.4, -0.2) is 34.9 Å². The van der Waals surface area contributed by atoms with Gasteiger partial charge in [-0.05, 0) is 44.9 Å². The zero-order chi connectivity index (χ0) is 52.0. The molecule has 0 aliphatic heterocycles. The van der Waals surface area contributed by atoms with E-state index in [2.05, 4.69) is 43.5 Å². The predicted molar refractivity (Wildman–Crippen MR) is 322 cm³/mol. The highest BCUT2D eigenvalue weighted by Gasteiger charge is 2.20. The van der Waals surface area contributed by atoms with E-state index in [0.29, 0.717) is 12.8 Å². The number of allylic oxidation sites excluding steroid dienone is 4. The molecule has 0 saturated carbocycles. The van der Waals surface area contributed by atoms with Gasteiger partial charge in [0, 0.05) is 6.42 Å². The fourth-order valence-corrected chi connectivity index (χ4v) is 10.9. The first-order chi connectivity index (χ1) is 35.7. The van der Waals surface area contributed by atoms with Crippen LogP contribution >= 0.6 is 0 Å². The lowest BCUT2D eigenvalue weighted by atomic mass is 10.0. The summed E-state index contributed by atoms with van der Waals surface area (Å²) in [6, 6.07) is -0.536. The molecule has 0 aliphatic carbocycles. The van der Waals surface area contributed by atoms with Crippen molar-refractivity contribution >= 4 is 5.91 Å². The highest BCUT2D eigenvalue weighted by atomic mass is 16.3. The Balaban J connectivity index is 3.39. The summed E-state index contributed by atoms with van der Waals surface area (Å²) in [6.45, 7) is 4.41. The second-order valence-corrected chi connectivity index (χ2v) is 23.2. The molecule has 0 saturated heterocycles. The molecule has 0 aromatic rings. The Bertz CT molecular complexity index is 1060. The molecular weight excluding hydrogens is 879 g/mol. The maximum absolute atomic E-state index is 12.5. The highest BCUT2D eigenvalue weighted by Crippen LogP contribution is 2.19. The Morgan fingerprint density at radius 2 is 0.569 bits per heavy atom. The first-order valence-electron chi connectivity index (χ1n) is 33.5. The highest BCUT2D eigenvalue weighted by molar-refractivity contribution is 5.76. The van der Waals surface area contributed by atoms with Gasteiger partial charge in [0.25, 0.3) is 0 Å². The summed E-state index contributed by atoms with van der Waals surface area (Å²) < 4.78 is 0. The standard InChI is InChI=1S/C68H133NO3/c1-3-5-7-9-11-13-15-17-19-21-23-25-27-28-29-30-31-32-33-34-35-36-37-38-39-40-42-44-46-48-50-52-54-56-58-60-62-64-68(72)69-66(65-70)67(71)63-61-59-57-55-53-51-49-47-45-43-41-26-24-22-20-18-16-14-12-10-8-6-4-2/h29-30,32-33,66-67,70-71H,3-28,31,34-65H2,1-2H3,(H,69,72)/b30-29-,33-32-. The second-order valence-electron chi connectivity index (χ2n) is 23.2. The molecule has 0 aromatic carbocycles. The van der Waals surface area contributed by atoms with Crippen molar-refractivity contribution in [1.29, 1.82) is 0 Å². The molecule has 2 unspecified atom stereocenters. The van der Waals surface area contributed by atoms with Crippen molar-refractivity contribution < 1.29 is 15.0 Å². The monoisotopic (exact) mass is 1010 g/mol. The molecule has 1 amide bonds. The number of carbonyl (C=O) groups is 1. The molecule has 72 heavy (non-hydrogen) atoms. The van der Waals surface area contributed by atoms with E-state index in [9.17, 15) is 15.0 Å². The molecule has 3 N–H and O–H groups in total. The van der Waals surface area contributed by atoms with Crippen molar-refractivity contribution in [2.45, 2.75) is 398 Å². The minimum absolute atomic E-state index is 0.0235. The SMILES string of the molecule is CCCCCCCCCCCCCCC/C=C\C/C=C\CCCCCCCCCCCCCCCCCCCC(=O)NC(CO)C(O)CCCCCCCCCCCCCCCCCCCCCCCCC. The Kier molecular flexibility index (Phi) is 63.2. The van der Waals surface area contributed by atoms with Gasteiger partial charge < -0.3 is 15.5 Å². The van der Waals surface area contributed by atoms with Gasteiger partial charge in [0.15, 0.2) is 0 Å². The topological polar surface area (TPSA) is 69.6 Å². The van der Waals surface area contributed by atoms with Gasteiger partial charge in [0.05, 0.1) is 18.8 Å². The molecule has 4 nitrogen and oxygen atoms in total. The molecular formula is C68H133NO3. The van der Waals surface area contributed by atoms with Crippen molar-refractivity contribution in [3.05, 3.63) is 24.3 Å². The van der Waals surface area contributed by atoms with E-state index < -0.39 is 12.1 Å². The van der Waals surface area contributed by atoms with Crippen LogP contribution in [0.15, 0.2) is 24.3 Å². The number of rotatable bonds is 63. The van der Waals surface area contributed by atoms with Gasteiger partial charge in [-0.15, -0.1) is 0 Å². The van der Waals surface area contributed by atoms with E-state index in [0.717, 1.165) is 32.1 Å². The van der Waals surface area contributed by atoms with Crippen LogP contribution in [0.4, 0.5) is 0 Å². The predicted octanol–water partition coefficient (Wildman–Crippen LogP) is 22.6. The molecule has 0 rings (SSSR count). The lowest BCUT2D eigenvalue weighted by molar-refractivity contribution is -0.123. The third-order valence-electron chi connectivity index (χ3n) is 16.0. The second kappa shape index (κ2) is 64.2. The minimum Gasteiger partial charge on any atom is -0.394 e. The number of aliphatic hydroxyl groups excluding tert-OH is 2. The minimum atomic E-state index is -0.659. The number of aliphatic hydroxyl groups is 2. The first-order valence-corrected chi connectivity index (χ1v) is 33.5. The van der Waals surface area contributed by atoms with E-state index in [-0.39, 0.29) is 12.5 Å². The number of amides is 1. The van der Waals surface area contributed by atoms with E-state index >= 15 is 0 Å². The quantitative estimate of drug-likeness (QED) is 0.0420. The van der Waals surface area contributed by atoms with Crippen LogP contribution in [0, 0.1) is 0 Å². The number of nitrogens with one attached hydrogen (secondary N) is 1. The van der Waals surface area contributed by atoms with E-state index in [1.165, 1.54) is 327 Å². The number of hydrogen-bond donors (Lipinski definition) is 3. The smallest absolute Gasteiger partial charge is 0.220 e. The van der Waals surface area contributed by atoms with Crippen molar-refractivity contribution in [2.24, 2.45) is 0 Å². The zero-order valence-corrected chi connectivity index (χ0v) is 49.5. The Labute approximate surface area is 453 Å². The summed E-state index contributed by atoms with van der Waals surface area (Å²) in [6.07, 6.45) is 86.5. The molecule has 0 radical (unpaired) electrons. The average molecular weight is 1010 g/mol. The molecule has 0 heterocycles. The summed E-state index contributed by atoms with van der Waals surface area (Å²) in [7, 11) is 0. The Morgan fingerprint density at radius 3 is 0.833 bits per heavy atom. The average Bonchev–Trinajstić information content (AvgIpc) is 3.39. The molecule has 2 atom stereocenters. The molecule has 428 valence electrons. The van der Waals surface area contributed by atoms with Gasteiger partial charge >= 0.3 is 0 Å². The van der Waals surface area contributed by atoms with Gasteiger partial charge in [-0.3, -0.25) is 4.79 Å². The first kappa shape index (κ1) is 70.9. The number of carbonyl (C=O) groups excluding carboxylic acids is 1. The van der Waals surface area contributed by atoms with E-state index in [1.54, 1.807) is 0 Å². The maximum atomic E-state index is 12.5. The summed E-state index contributed by atoms with van der Waals surface area (Å²) in [5.74, 6) is -0.0235. The van der Waals surface area contributed by atoms with Crippen LogP contribution in [0.2, 0.25) is 0 Å². The van der Waals surface area contributed by atoms with E-state index in [1.807, 2.05) is 0 Å². The van der Waals surface area contributed by atoms with Crippen molar-refractivity contribution in [3.63, 3.8) is 0 Å². The molecule has 0 aliphatic rings. The third kappa shape index (κ3) is 59.7. The molecule has 0 bridgehead atoms. The van der Waals surface area contributed by atoms with Gasteiger partial charge in [0.2, 0.25) is 5.91 Å². The fourth-order valence-electron chi connectivity index (χ4n) is 10.9. The number of hydrogen-bond acceptors (Lipinski definition) is 3. The lowest BCUT2D eigenvalue weighted by Crippen LogP contribution is -2.45. The fraction of sp³-hybridized carbons (Fsp3) is 0.926. The molecule has 0 aromatic heterocycles. The van der Waals surface area contributed by atoms with Crippen LogP contribution in [-0.2, 0) is 4.79 Å². The van der Waals surface area contributed by atoms with Gasteiger partial charge in [-0.25, -0.2) is 0 Å². The lowest BCUT2D eigenvalue weighted by Gasteiger charge is -2.22. The molecule has 4 heteroatoms. The van der Waals surface area contributed by atoms with Crippen molar-refractivity contribution in [2.75, 3.05) is 6.61 Å². The van der Waals surface area contributed by atoms with Gasteiger partial charge in [-0.1, -0.05) is 359 Å². The zero-order valence-electron chi connectivity index (χ0n) is 49.5. The molecule has 0 spiro atoms. The van der Waals surface area contributed by atoms with Crippen LogP contribution in [0.25, 0.3) is 0 Å². The van der Waals surface area contributed by atoms with Crippen molar-refractivity contribution in [1.82, 2.24) is 5.32 Å². The Hall–Kier alpha value is -1.13. The largest absolute Gasteiger partial charge is 0.394 e. The third-order valence-corrected chi connectivity index (χ3v) is 16.0. The van der Waals surface area contributed by atoms with Crippen LogP contribution in [0.1, 0.15) is 386 Å². The molecule has 0 fully saturated rings. The summed E-state index contributed by atoms with van der Waals surface area (Å²) in [4.78, 5) is 12.5. The van der Waals surface area contributed by atoms with Crippen molar-refractivity contribution in [3.8, 4) is 0 Å². The Morgan fingerprint density at radius 1 is 0.333 bits per heavy atom. The van der Waals surface area contributed by atoms with Gasteiger partial charge in [-0.2, -0.15) is 0 Å². The van der Waals surface area contributed by atoms with Crippen LogP contribution < -0.4 is 5.32 Å². The number of unbranched alkanes of at least 4 members (excludes halogenated alkanes) is 52. The van der Waals surface area contributed by atoms with Crippen LogP contribution in [0.5, 0.6) is 0 Å².